The second-order valence-electron chi connectivity index (χ2n) is 6.67. The van der Waals surface area contributed by atoms with Crippen molar-refractivity contribution in [2.24, 2.45) is 4.99 Å². The van der Waals surface area contributed by atoms with Crippen LogP contribution in [-0.2, 0) is 6.42 Å². The molecule has 1 atom stereocenters. The van der Waals surface area contributed by atoms with Gasteiger partial charge in [0.1, 0.15) is 0 Å². The molecule has 0 spiro atoms. The Bertz CT molecular complexity index is 677. The van der Waals surface area contributed by atoms with Crippen molar-refractivity contribution < 1.29 is 0 Å². The molecular weight excluding hydrogens is 324 g/mol. The highest BCUT2D eigenvalue weighted by atomic mass is 15.3. The predicted octanol–water partition coefficient (Wildman–Crippen LogP) is 2.06. The van der Waals surface area contributed by atoms with Crippen LogP contribution in [0.15, 0.2) is 47.7 Å². The highest BCUT2D eigenvalue weighted by molar-refractivity contribution is 5.79. The molecule has 2 N–H and O–H groups in total. The van der Waals surface area contributed by atoms with Gasteiger partial charge in [-0.3, -0.25) is 9.89 Å². The lowest BCUT2D eigenvalue weighted by Crippen LogP contribution is -2.45. The van der Waals surface area contributed by atoms with Crippen LogP contribution in [0.1, 0.15) is 25.3 Å². The van der Waals surface area contributed by atoms with Gasteiger partial charge in [0.2, 0.25) is 0 Å². The molecule has 6 heteroatoms. The largest absolute Gasteiger partial charge is 0.356 e. The van der Waals surface area contributed by atoms with Gasteiger partial charge in [0.25, 0.3) is 0 Å². The molecule has 1 aliphatic rings. The van der Waals surface area contributed by atoms with E-state index in [9.17, 15) is 0 Å². The van der Waals surface area contributed by atoms with Crippen LogP contribution >= 0.6 is 0 Å². The maximum Gasteiger partial charge on any atom is 0.191 e. The summed E-state index contributed by atoms with van der Waals surface area (Å²) >= 11 is 0. The number of guanidine groups is 1. The van der Waals surface area contributed by atoms with Crippen molar-refractivity contribution in [1.82, 2.24) is 25.3 Å². The number of nitrogens with zero attached hydrogens (tertiary/aromatic N) is 4. The number of likely N-dealkylation sites (N-methyl/N-ethyl adjacent to an activating group) is 1. The van der Waals surface area contributed by atoms with Gasteiger partial charge in [0.05, 0.1) is 5.69 Å². The molecule has 1 aromatic carbocycles. The topological polar surface area (TPSA) is 57.5 Å². The van der Waals surface area contributed by atoms with Crippen LogP contribution in [-0.4, -0.2) is 59.9 Å². The fraction of sp³-hybridized carbons (Fsp3) is 0.500. The lowest BCUT2D eigenvalue weighted by molar-refractivity contribution is 0.267. The van der Waals surface area contributed by atoms with Gasteiger partial charge in [-0.25, -0.2) is 4.68 Å². The summed E-state index contributed by atoms with van der Waals surface area (Å²) in [5.74, 6) is 0.890. The van der Waals surface area contributed by atoms with E-state index in [0.29, 0.717) is 6.04 Å². The van der Waals surface area contributed by atoms with Crippen molar-refractivity contribution >= 4 is 5.96 Å². The third kappa shape index (κ3) is 4.85. The second-order valence-corrected chi connectivity index (χ2v) is 6.67. The van der Waals surface area contributed by atoms with Gasteiger partial charge in [0, 0.05) is 38.6 Å². The first-order chi connectivity index (χ1) is 12.8. The number of hydrogen-bond donors (Lipinski definition) is 2. The molecular formula is C20H30N6. The summed E-state index contributed by atoms with van der Waals surface area (Å²) in [5, 5.41) is 11.1. The second kappa shape index (κ2) is 9.38. The molecule has 6 nitrogen and oxygen atoms in total. The number of benzene rings is 1. The van der Waals surface area contributed by atoms with Gasteiger partial charge >= 0.3 is 0 Å². The highest BCUT2D eigenvalue weighted by Gasteiger charge is 2.22. The van der Waals surface area contributed by atoms with Crippen LogP contribution in [0.25, 0.3) is 5.69 Å². The molecule has 3 rings (SSSR count). The minimum Gasteiger partial charge on any atom is -0.356 e. The molecule has 0 amide bonds. The van der Waals surface area contributed by atoms with Crippen LogP contribution in [0.3, 0.4) is 0 Å². The number of nitrogens with one attached hydrogen (secondary N) is 2. The van der Waals surface area contributed by atoms with Crippen molar-refractivity contribution in [1.29, 1.82) is 0 Å². The molecule has 0 radical (unpaired) electrons. The summed E-state index contributed by atoms with van der Waals surface area (Å²) in [6.45, 7) is 6.42. The Morgan fingerprint density at radius 1 is 1.27 bits per heavy atom. The van der Waals surface area contributed by atoms with Crippen LogP contribution < -0.4 is 10.6 Å². The third-order valence-corrected chi connectivity index (χ3v) is 5.05. The molecule has 1 saturated heterocycles. The average molecular weight is 355 g/mol. The van der Waals surface area contributed by atoms with Gasteiger partial charge in [-0.2, -0.15) is 5.10 Å². The third-order valence-electron chi connectivity index (χ3n) is 5.05. The summed E-state index contributed by atoms with van der Waals surface area (Å²) in [6.07, 6.45) is 7.30. The highest BCUT2D eigenvalue weighted by Crippen LogP contribution is 2.15. The van der Waals surface area contributed by atoms with E-state index in [-0.39, 0.29) is 0 Å². The van der Waals surface area contributed by atoms with Crippen molar-refractivity contribution in [3.05, 3.63) is 48.3 Å². The molecule has 1 fully saturated rings. The summed E-state index contributed by atoms with van der Waals surface area (Å²) in [4.78, 5) is 6.89. The smallest absolute Gasteiger partial charge is 0.191 e. The van der Waals surface area contributed by atoms with Gasteiger partial charge in [-0.05, 0) is 56.1 Å². The van der Waals surface area contributed by atoms with Crippen molar-refractivity contribution in [3.63, 3.8) is 0 Å². The summed E-state index contributed by atoms with van der Waals surface area (Å²) in [5.41, 5.74) is 2.39. The monoisotopic (exact) mass is 354 g/mol. The first kappa shape index (κ1) is 18.5. The van der Waals surface area contributed by atoms with Crippen LogP contribution in [0.2, 0.25) is 0 Å². The van der Waals surface area contributed by atoms with E-state index in [1.165, 1.54) is 24.9 Å². The normalized spacial score (nSPS) is 18.2. The minimum absolute atomic E-state index is 0.633. The number of aliphatic imine (C=N–C) groups is 1. The Hall–Kier alpha value is -2.34. The molecule has 0 saturated carbocycles. The Morgan fingerprint density at radius 3 is 2.81 bits per heavy atom. The van der Waals surface area contributed by atoms with E-state index in [1.54, 1.807) is 6.20 Å². The van der Waals surface area contributed by atoms with Crippen molar-refractivity contribution in [2.45, 2.75) is 32.2 Å². The molecule has 2 heterocycles. The van der Waals surface area contributed by atoms with E-state index in [2.05, 4.69) is 56.8 Å². The number of rotatable bonds is 7. The standard InChI is InChI=1S/C20H30N6/c1-3-25-14-4-6-19(25)16-23-20(21-2)22-13-11-17-7-9-18(10-8-17)26-15-5-12-24-26/h5,7-10,12,15,19H,3-4,6,11,13-14,16H2,1-2H3,(H2,21,22,23). The SMILES string of the molecule is CCN1CCCC1CNC(=NC)NCCc1ccc(-n2cccn2)cc1. The molecule has 140 valence electrons. The van der Waals surface area contributed by atoms with Crippen LogP contribution in [0.4, 0.5) is 0 Å². The van der Waals surface area contributed by atoms with Gasteiger partial charge in [-0.1, -0.05) is 19.1 Å². The average Bonchev–Trinajstić information content (AvgIpc) is 3.36. The zero-order valence-corrected chi connectivity index (χ0v) is 15.9. The molecule has 1 unspecified atom stereocenters. The Balaban J connectivity index is 1.41. The summed E-state index contributed by atoms with van der Waals surface area (Å²) in [7, 11) is 1.83. The van der Waals surface area contributed by atoms with Gasteiger partial charge in [-0.15, -0.1) is 0 Å². The summed E-state index contributed by atoms with van der Waals surface area (Å²) in [6, 6.07) is 11.1. The van der Waals surface area contributed by atoms with E-state index >= 15 is 0 Å². The van der Waals surface area contributed by atoms with Crippen molar-refractivity contribution in [2.75, 3.05) is 33.2 Å². The molecule has 1 aliphatic heterocycles. The van der Waals surface area contributed by atoms with E-state index in [1.807, 2.05) is 24.0 Å². The van der Waals surface area contributed by atoms with Crippen molar-refractivity contribution in [3.8, 4) is 5.69 Å². The fourth-order valence-electron chi connectivity index (χ4n) is 3.54. The lowest BCUT2D eigenvalue weighted by Gasteiger charge is -2.24. The van der Waals surface area contributed by atoms with Gasteiger partial charge in [0.15, 0.2) is 5.96 Å². The number of hydrogen-bond acceptors (Lipinski definition) is 3. The van der Waals surface area contributed by atoms with Gasteiger partial charge < -0.3 is 10.6 Å². The van der Waals surface area contributed by atoms with Crippen LogP contribution in [0, 0.1) is 0 Å². The molecule has 26 heavy (non-hydrogen) atoms. The Morgan fingerprint density at radius 2 is 2.12 bits per heavy atom. The predicted molar refractivity (Wildman–Crippen MR) is 107 cm³/mol. The van der Waals surface area contributed by atoms with E-state index < -0.39 is 0 Å². The first-order valence-electron chi connectivity index (χ1n) is 9.57. The maximum atomic E-state index is 4.34. The number of likely N-dealkylation sites (tertiary alicyclic amines) is 1. The molecule has 0 aliphatic carbocycles. The maximum absolute atomic E-state index is 4.34. The Labute approximate surface area is 156 Å². The quantitative estimate of drug-likeness (QED) is 0.590. The summed E-state index contributed by atoms with van der Waals surface area (Å²) < 4.78 is 1.87. The zero-order valence-electron chi connectivity index (χ0n) is 15.9. The number of aromatic nitrogens is 2. The lowest BCUT2D eigenvalue weighted by atomic mass is 10.1. The first-order valence-corrected chi connectivity index (χ1v) is 9.57. The fourth-order valence-corrected chi connectivity index (χ4v) is 3.54. The minimum atomic E-state index is 0.633. The molecule has 0 bridgehead atoms. The Kier molecular flexibility index (Phi) is 6.66. The molecule has 2 aromatic rings. The molecule has 1 aromatic heterocycles. The zero-order chi connectivity index (χ0) is 18.2. The van der Waals surface area contributed by atoms with E-state index in [4.69, 9.17) is 0 Å². The van der Waals surface area contributed by atoms with E-state index in [0.717, 1.165) is 37.7 Å². The van der Waals surface area contributed by atoms with Crippen LogP contribution in [0.5, 0.6) is 0 Å².